The topological polar surface area (TPSA) is 38.7 Å². The van der Waals surface area contributed by atoms with E-state index < -0.39 is 41.0 Å². The van der Waals surface area contributed by atoms with Gasteiger partial charge in [0.25, 0.3) is 5.60 Å². The maximum Gasteiger partial charge on any atom is 0.426 e. The molecule has 0 radical (unpaired) electrons. The van der Waals surface area contributed by atoms with Crippen molar-refractivity contribution in [3.63, 3.8) is 0 Å². The Labute approximate surface area is 295 Å². The predicted octanol–water partition coefficient (Wildman–Crippen LogP) is 12.7. The van der Waals surface area contributed by atoms with Crippen LogP contribution in [0.2, 0.25) is 36.3 Å². The monoisotopic (exact) mass is 740 g/mol. The van der Waals surface area contributed by atoms with Crippen molar-refractivity contribution in [3.05, 3.63) is 36.0 Å². The van der Waals surface area contributed by atoms with E-state index in [1.54, 1.807) is 0 Å². The smallest absolute Gasteiger partial charge is 0.413 e. The van der Waals surface area contributed by atoms with Gasteiger partial charge in [0.15, 0.2) is 16.6 Å². The minimum Gasteiger partial charge on any atom is -0.413 e. The van der Waals surface area contributed by atoms with E-state index in [1.165, 1.54) is 0 Å². The van der Waals surface area contributed by atoms with Gasteiger partial charge < -0.3 is 14.0 Å². The minimum absolute atomic E-state index is 0.0141. The predicted molar refractivity (Wildman–Crippen MR) is 194 cm³/mol. The van der Waals surface area contributed by atoms with Crippen LogP contribution >= 0.6 is 0 Å². The van der Waals surface area contributed by atoms with Gasteiger partial charge in [-0.1, -0.05) is 100 Å². The number of aliphatic hydroxyl groups is 1. The molecule has 49 heavy (non-hydrogen) atoms. The molecule has 0 aromatic carbocycles. The summed E-state index contributed by atoms with van der Waals surface area (Å²) in [5.74, 6) is 0.0130. The largest absolute Gasteiger partial charge is 0.426 e. The summed E-state index contributed by atoms with van der Waals surface area (Å²) in [4.78, 5) is 0. The molecular formula is C38H66F6O3Si2. The minimum atomic E-state index is -5.78. The van der Waals surface area contributed by atoms with Gasteiger partial charge in [-0.05, 0) is 102 Å². The first-order valence-electron chi connectivity index (χ1n) is 17.9. The highest BCUT2D eigenvalue weighted by Crippen LogP contribution is 2.61. The molecule has 2 saturated carbocycles. The van der Waals surface area contributed by atoms with Crippen LogP contribution in [0.3, 0.4) is 0 Å². The average molecular weight is 741 g/mol. The lowest BCUT2D eigenvalue weighted by Crippen LogP contribution is -2.56. The lowest BCUT2D eigenvalue weighted by molar-refractivity contribution is -0.370. The lowest BCUT2D eigenvalue weighted by Gasteiger charge is -2.46. The molecular weight excluding hydrogens is 675 g/mol. The van der Waals surface area contributed by atoms with Crippen LogP contribution in [0.25, 0.3) is 0 Å². The average Bonchev–Trinajstić information content (AvgIpc) is 3.12. The zero-order chi connectivity index (χ0) is 38.4. The molecule has 0 aromatic rings. The first kappa shape index (κ1) is 44.3. The molecule has 0 bridgehead atoms. The summed E-state index contributed by atoms with van der Waals surface area (Å²) in [6.07, 6.45) is -3.72. The van der Waals surface area contributed by atoms with Gasteiger partial charge in [0.05, 0.1) is 12.2 Å². The summed E-state index contributed by atoms with van der Waals surface area (Å²) in [5.41, 5.74) is -3.17. The Morgan fingerprint density at radius 1 is 0.898 bits per heavy atom. The van der Waals surface area contributed by atoms with Gasteiger partial charge in [-0.2, -0.15) is 26.3 Å². The fourth-order valence-electron chi connectivity index (χ4n) is 7.07. The second kappa shape index (κ2) is 14.5. The van der Waals surface area contributed by atoms with E-state index in [0.29, 0.717) is 0 Å². The Hall–Kier alpha value is -0.886. The van der Waals surface area contributed by atoms with Crippen LogP contribution in [0.1, 0.15) is 114 Å². The van der Waals surface area contributed by atoms with Crippen LogP contribution in [0.15, 0.2) is 36.0 Å². The molecule has 3 nitrogen and oxygen atoms in total. The van der Waals surface area contributed by atoms with E-state index in [2.05, 4.69) is 113 Å². The number of halogens is 6. The highest BCUT2D eigenvalue weighted by Gasteiger charge is 2.69. The van der Waals surface area contributed by atoms with Gasteiger partial charge in [-0.3, -0.25) is 0 Å². The van der Waals surface area contributed by atoms with E-state index in [1.807, 2.05) is 6.92 Å². The molecule has 0 spiro atoms. The third kappa shape index (κ3) is 9.38. The molecule has 0 unspecified atom stereocenters. The highest BCUT2D eigenvalue weighted by molar-refractivity contribution is 6.74. The third-order valence-electron chi connectivity index (χ3n) is 13.5. The molecule has 0 saturated heterocycles. The summed E-state index contributed by atoms with van der Waals surface area (Å²) in [5, 5.41) is 9.73. The molecule has 5 atom stereocenters. The standard InChI is InChI=1S/C38H66F6O3Si2/c1-26(18-17-22-36(45,37(39,40)41)38(42,43)44)35(11)23-21-29(34(35,9)10)20-16-19-28-24-30(46-48(12,13)32(3,4)5)25-31(27(28)2)47-49(14,15)33(6,7)8/h16,19-20,26,29-31,45H,2,17-18,21-25H2,1,3-15H3/b20-16+,28-19-/t26-,29+,30-,31-,35+/m0/s1. The Bertz CT molecular complexity index is 1210. The van der Waals surface area contributed by atoms with Crippen LogP contribution in [0, 0.1) is 22.7 Å². The van der Waals surface area contributed by atoms with Crippen molar-refractivity contribution in [1.29, 1.82) is 0 Å². The molecule has 0 aromatic heterocycles. The number of allylic oxidation sites excluding steroid dienone is 3. The van der Waals surface area contributed by atoms with Crippen molar-refractivity contribution < 1.29 is 40.3 Å². The van der Waals surface area contributed by atoms with Gasteiger partial charge in [-0.25, -0.2) is 0 Å². The van der Waals surface area contributed by atoms with Gasteiger partial charge in [-0.15, -0.1) is 0 Å². The molecule has 1 N–H and O–H groups in total. The number of hydrogen-bond donors (Lipinski definition) is 1. The molecule has 2 aliphatic rings. The summed E-state index contributed by atoms with van der Waals surface area (Å²) in [7, 11) is -4.15. The second-order valence-electron chi connectivity index (χ2n) is 18.8. The Balaban J connectivity index is 2.29. The van der Waals surface area contributed by atoms with Gasteiger partial charge in [0.1, 0.15) is 0 Å². The van der Waals surface area contributed by atoms with Gasteiger partial charge >= 0.3 is 12.4 Å². The van der Waals surface area contributed by atoms with Crippen LogP contribution in [0.5, 0.6) is 0 Å². The van der Waals surface area contributed by atoms with E-state index in [4.69, 9.17) is 8.85 Å². The van der Waals surface area contributed by atoms with Gasteiger partial charge in [0.2, 0.25) is 0 Å². The quantitative estimate of drug-likeness (QED) is 0.169. The Kier molecular flexibility index (Phi) is 13.1. The van der Waals surface area contributed by atoms with E-state index >= 15 is 0 Å². The normalized spacial score (nSPS) is 28.1. The van der Waals surface area contributed by atoms with Crippen molar-refractivity contribution in [3.8, 4) is 0 Å². The first-order chi connectivity index (χ1) is 21.6. The number of hydrogen-bond acceptors (Lipinski definition) is 3. The Morgan fingerprint density at radius 3 is 1.86 bits per heavy atom. The number of alkyl halides is 6. The maximum atomic E-state index is 13.2. The van der Waals surface area contributed by atoms with Crippen molar-refractivity contribution in [2.45, 2.75) is 181 Å². The summed E-state index contributed by atoms with van der Waals surface area (Å²) in [6.45, 7) is 35.3. The molecule has 11 heteroatoms. The van der Waals surface area contributed by atoms with E-state index in [0.717, 1.165) is 36.8 Å². The lowest BCUT2D eigenvalue weighted by atomic mass is 9.59. The molecule has 2 aliphatic carbocycles. The maximum absolute atomic E-state index is 13.2. The third-order valence-corrected chi connectivity index (χ3v) is 22.5. The SMILES string of the molecule is C=C1/C(=C\C=C\[C@@H]2CC[C@](C)([C@@H](C)CCCC(O)(C(F)(F)F)C(F)(F)F)C2(C)C)C[C@H](O[Si](C)(C)C(C)(C)C)C[C@@H]1O[Si](C)(C)C(C)(C)C. The molecule has 0 heterocycles. The number of rotatable bonds is 11. The van der Waals surface area contributed by atoms with E-state index in [-0.39, 0.29) is 57.8 Å². The molecule has 2 fully saturated rings. The molecule has 286 valence electrons. The van der Waals surface area contributed by atoms with Crippen LogP contribution in [0.4, 0.5) is 26.3 Å². The molecule has 0 aliphatic heterocycles. The van der Waals surface area contributed by atoms with Crippen molar-refractivity contribution in [1.82, 2.24) is 0 Å². The second-order valence-corrected chi connectivity index (χ2v) is 28.4. The van der Waals surface area contributed by atoms with E-state index in [9.17, 15) is 31.4 Å². The molecule has 2 rings (SSSR count). The van der Waals surface area contributed by atoms with Crippen molar-refractivity contribution in [2.75, 3.05) is 0 Å². The highest BCUT2D eigenvalue weighted by atomic mass is 28.4. The van der Waals surface area contributed by atoms with Crippen LogP contribution < -0.4 is 0 Å². The summed E-state index contributed by atoms with van der Waals surface area (Å²) in [6, 6.07) is 0. The van der Waals surface area contributed by atoms with Gasteiger partial charge in [0, 0.05) is 6.42 Å². The summed E-state index contributed by atoms with van der Waals surface area (Å²) >= 11 is 0. The first-order valence-corrected chi connectivity index (χ1v) is 23.7. The van der Waals surface area contributed by atoms with Crippen LogP contribution in [-0.2, 0) is 8.85 Å². The van der Waals surface area contributed by atoms with Crippen molar-refractivity contribution in [2.24, 2.45) is 22.7 Å². The zero-order valence-electron chi connectivity index (χ0n) is 32.7. The van der Waals surface area contributed by atoms with Crippen LogP contribution in [-0.4, -0.2) is 51.9 Å². The Morgan fingerprint density at radius 2 is 1.39 bits per heavy atom. The van der Waals surface area contributed by atoms with Crippen molar-refractivity contribution >= 4 is 16.6 Å². The fraction of sp³-hybridized carbons (Fsp3) is 0.842. The summed E-state index contributed by atoms with van der Waals surface area (Å²) < 4.78 is 93.3. The molecule has 0 amide bonds. The zero-order valence-corrected chi connectivity index (χ0v) is 34.7. The fourth-order valence-corrected chi connectivity index (χ4v) is 9.74.